The average Bonchev–Trinajstić information content (AvgIpc) is 3.80. The minimum absolute atomic E-state index is 0.251. The maximum Gasteiger partial charge on any atom is 0.160 e. The third kappa shape index (κ3) is 4.19. The zero-order valence-electron chi connectivity index (χ0n) is 27.1. The van der Waals surface area contributed by atoms with E-state index < -0.39 is 0 Å². The highest BCUT2D eigenvalue weighted by atomic mass is 32.1. The quantitative estimate of drug-likeness (QED) is 0.191. The second-order valence-electron chi connectivity index (χ2n) is 13.2. The van der Waals surface area contributed by atoms with E-state index in [1.807, 2.05) is 23.5 Å². The standard InChI is InChI=1S/C44H30N4S/c1-44(2)34-19-8-6-16-32(34)39-38(44)40(33-18-12-17-31-30-15-7-11-22-37(30)49-41(31)33)47-42(46-39)27-23-25-28(26-24-27)43-45-35-20-9-10-21-36(35)48(43)29-13-4-3-5-14-29/h3-26H,1-2H3. The average molecular weight is 647 g/mol. The Morgan fingerprint density at radius 3 is 2.06 bits per heavy atom. The molecule has 0 bridgehead atoms. The molecule has 4 nitrogen and oxygen atoms in total. The number of nitrogens with zero attached hydrogens (tertiary/aromatic N) is 4. The van der Waals surface area contributed by atoms with Gasteiger partial charge in [0.15, 0.2) is 5.82 Å². The lowest BCUT2D eigenvalue weighted by atomic mass is 9.80. The lowest BCUT2D eigenvalue weighted by molar-refractivity contribution is 0.658. The first-order valence-corrected chi connectivity index (χ1v) is 17.4. The van der Waals surface area contributed by atoms with E-state index in [2.05, 4.69) is 152 Å². The topological polar surface area (TPSA) is 43.6 Å². The molecule has 0 amide bonds. The molecule has 0 fully saturated rings. The van der Waals surface area contributed by atoms with Crippen LogP contribution in [0.1, 0.15) is 25.0 Å². The maximum atomic E-state index is 5.46. The number of fused-ring (bicyclic) bond motifs is 7. The summed E-state index contributed by atoms with van der Waals surface area (Å²) in [5.74, 6) is 1.63. The van der Waals surface area contributed by atoms with Crippen LogP contribution in [-0.4, -0.2) is 19.5 Å². The lowest BCUT2D eigenvalue weighted by Gasteiger charge is -2.24. The zero-order valence-corrected chi connectivity index (χ0v) is 27.9. The van der Waals surface area contributed by atoms with Gasteiger partial charge in [-0.15, -0.1) is 11.3 Å². The number of hydrogen-bond donors (Lipinski definition) is 0. The van der Waals surface area contributed by atoms with Crippen molar-refractivity contribution in [3.8, 4) is 51.0 Å². The van der Waals surface area contributed by atoms with Crippen LogP contribution >= 0.6 is 11.3 Å². The van der Waals surface area contributed by atoms with Crippen molar-refractivity contribution >= 4 is 42.5 Å². The van der Waals surface area contributed by atoms with Crippen LogP contribution < -0.4 is 0 Å². The highest BCUT2D eigenvalue weighted by Crippen LogP contribution is 2.52. The third-order valence-corrected chi connectivity index (χ3v) is 11.2. The van der Waals surface area contributed by atoms with Crippen molar-refractivity contribution in [2.24, 2.45) is 0 Å². The molecule has 0 unspecified atom stereocenters. The van der Waals surface area contributed by atoms with Crippen LogP contribution in [0.15, 0.2) is 146 Å². The third-order valence-electron chi connectivity index (χ3n) is 10.0. The second-order valence-corrected chi connectivity index (χ2v) is 14.3. The van der Waals surface area contributed by atoms with Gasteiger partial charge in [0, 0.05) is 59.1 Å². The molecule has 5 heteroatoms. The monoisotopic (exact) mass is 646 g/mol. The highest BCUT2D eigenvalue weighted by Gasteiger charge is 2.40. The van der Waals surface area contributed by atoms with E-state index in [0.29, 0.717) is 0 Å². The zero-order chi connectivity index (χ0) is 32.7. The van der Waals surface area contributed by atoms with Gasteiger partial charge in [0.05, 0.1) is 22.4 Å². The van der Waals surface area contributed by atoms with E-state index in [-0.39, 0.29) is 5.41 Å². The molecule has 0 saturated carbocycles. The van der Waals surface area contributed by atoms with E-state index in [1.54, 1.807) is 0 Å². The predicted octanol–water partition coefficient (Wildman–Crippen LogP) is 11.5. The number of para-hydroxylation sites is 3. The van der Waals surface area contributed by atoms with Gasteiger partial charge < -0.3 is 0 Å². The molecular formula is C44H30N4S. The minimum Gasteiger partial charge on any atom is -0.292 e. The Balaban J connectivity index is 1.18. The van der Waals surface area contributed by atoms with Gasteiger partial charge in [-0.2, -0.15) is 0 Å². The summed E-state index contributed by atoms with van der Waals surface area (Å²) >= 11 is 1.85. The molecule has 0 saturated heterocycles. The fourth-order valence-corrected chi connectivity index (χ4v) is 8.92. The first-order valence-electron chi connectivity index (χ1n) is 16.6. The molecule has 49 heavy (non-hydrogen) atoms. The summed E-state index contributed by atoms with van der Waals surface area (Å²) in [7, 11) is 0. The number of imidazole rings is 1. The smallest absolute Gasteiger partial charge is 0.160 e. The summed E-state index contributed by atoms with van der Waals surface area (Å²) in [5.41, 5.74) is 11.7. The van der Waals surface area contributed by atoms with E-state index in [9.17, 15) is 0 Å². The normalized spacial score (nSPS) is 13.3. The molecule has 0 atom stereocenters. The van der Waals surface area contributed by atoms with Gasteiger partial charge in [0.25, 0.3) is 0 Å². The molecule has 0 N–H and O–H groups in total. The van der Waals surface area contributed by atoms with Crippen LogP contribution in [0.25, 0.3) is 82.2 Å². The van der Waals surface area contributed by atoms with E-state index in [1.165, 1.54) is 36.9 Å². The molecule has 0 radical (unpaired) electrons. The van der Waals surface area contributed by atoms with Crippen molar-refractivity contribution in [3.05, 3.63) is 157 Å². The Bertz CT molecular complexity index is 2740. The van der Waals surface area contributed by atoms with Crippen molar-refractivity contribution in [1.29, 1.82) is 0 Å². The van der Waals surface area contributed by atoms with Crippen molar-refractivity contribution in [2.75, 3.05) is 0 Å². The molecule has 3 aromatic heterocycles. The highest BCUT2D eigenvalue weighted by molar-refractivity contribution is 7.26. The first kappa shape index (κ1) is 28.1. The Hall–Kier alpha value is -5.91. The summed E-state index contributed by atoms with van der Waals surface area (Å²) in [5, 5.41) is 2.56. The maximum absolute atomic E-state index is 5.46. The summed E-state index contributed by atoms with van der Waals surface area (Å²) in [6.07, 6.45) is 0. The van der Waals surface area contributed by atoms with Crippen LogP contribution in [-0.2, 0) is 5.41 Å². The van der Waals surface area contributed by atoms with Crippen molar-refractivity contribution < 1.29 is 0 Å². The van der Waals surface area contributed by atoms with Gasteiger partial charge >= 0.3 is 0 Å². The largest absolute Gasteiger partial charge is 0.292 e. The molecule has 0 spiro atoms. The van der Waals surface area contributed by atoms with Gasteiger partial charge in [0.1, 0.15) is 5.82 Å². The van der Waals surface area contributed by atoms with Crippen LogP contribution in [0.4, 0.5) is 0 Å². The molecular weight excluding hydrogens is 617 g/mol. The molecule has 1 aliphatic rings. The Morgan fingerprint density at radius 1 is 0.551 bits per heavy atom. The number of hydrogen-bond acceptors (Lipinski definition) is 4. The molecule has 6 aromatic carbocycles. The second kappa shape index (κ2) is 10.5. The van der Waals surface area contributed by atoms with E-state index >= 15 is 0 Å². The van der Waals surface area contributed by atoms with Crippen molar-refractivity contribution in [1.82, 2.24) is 19.5 Å². The molecule has 0 aliphatic heterocycles. The number of benzene rings is 6. The van der Waals surface area contributed by atoms with Gasteiger partial charge in [-0.05, 0) is 35.9 Å². The SMILES string of the molecule is CC1(C)c2ccccc2-c2nc(-c3ccc(-c4nc5ccccc5n4-c4ccccc4)cc3)nc(-c3cccc4c3sc3ccccc34)c21. The summed E-state index contributed by atoms with van der Waals surface area (Å²) in [6, 6.07) is 51.4. The Labute approximate surface area is 288 Å². The van der Waals surface area contributed by atoms with Gasteiger partial charge in [-0.3, -0.25) is 4.57 Å². The summed E-state index contributed by atoms with van der Waals surface area (Å²) in [6.45, 7) is 4.62. The lowest BCUT2D eigenvalue weighted by Crippen LogP contribution is -2.17. The summed E-state index contributed by atoms with van der Waals surface area (Å²) < 4.78 is 4.78. The van der Waals surface area contributed by atoms with Crippen molar-refractivity contribution in [2.45, 2.75) is 19.3 Å². The minimum atomic E-state index is -0.251. The van der Waals surface area contributed by atoms with Gasteiger partial charge in [-0.25, -0.2) is 15.0 Å². The number of thiophene rings is 1. The molecule has 10 rings (SSSR count). The fourth-order valence-electron chi connectivity index (χ4n) is 7.70. The Kier molecular flexibility index (Phi) is 6.05. The first-order chi connectivity index (χ1) is 24.1. The molecule has 3 heterocycles. The molecule has 9 aromatic rings. The predicted molar refractivity (Wildman–Crippen MR) is 203 cm³/mol. The van der Waals surface area contributed by atoms with Crippen LogP contribution in [0.3, 0.4) is 0 Å². The summed E-state index contributed by atoms with van der Waals surface area (Å²) in [4.78, 5) is 15.9. The van der Waals surface area contributed by atoms with Gasteiger partial charge in [-0.1, -0.05) is 129 Å². The van der Waals surface area contributed by atoms with Crippen molar-refractivity contribution in [3.63, 3.8) is 0 Å². The molecule has 232 valence electrons. The fraction of sp³-hybridized carbons (Fsp3) is 0.0682. The van der Waals surface area contributed by atoms with E-state index in [0.717, 1.165) is 56.4 Å². The van der Waals surface area contributed by atoms with Crippen LogP contribution in [0.5, 0.6) is 0 Å². The van der Waals surface area contributed by atoms with Crippen LogP contribution in [0.2, 0.25) is 0 Å². The molecule has 1 aliphatic carbocycles. The van der Waals surface area contributed by atoms with Gasteiger partial charge in [0.2, 0.25) is 0 Å². The van der Waals surface area contributed by atoms with Crippen LogP contribution in [0, 0.1) is 0 Å². The number of rotatable bonds is 4. The van der Waals surface area contributed by atoms with E-state index in [4.69, 9.17) is 15.0 Å². The number of aromatic nitrogens is 4. The Morgan fingerprint density at radius 2 is 1.20 bits per heavy atom.